The maximum absolute atomic E-state index is 13.0. The summed E-state index contributed by atoms with van der Waals surface area (Å²) >= 11 is 1.80. The van der Waals surface area contributed by atoms with Gasteiger partial charge in [-0.1, -0.05) is 18.2 Å². The number of nitrogens with zero attached hydrogens (tertiary/aromatic N) is 2. The van der Waals surface area contributed by atoms with Crippen LogP contribution in [-0.2, 0) is 4.79 Å². The molecule has 0 radical (unpaired) electrons. The fraction of sp³-hybridized carbons (Fsp3) is 0.417. The van der Waals surface area contributed by atoms with Gasteiger partial charge in [0.15, 0.2) is 0 Å². The molecule has 2 aromatic heterocycles. The number of aryl methyl sites for hydroxylation is 3. The standard InChI is InChI=1S/C24H29N3OS/c1-15-7-8-19(12-16(15)2)18(4)26-24(28)20-6-5-11-27(14-20)23-21-13-17(3)29-22(21)9-10-25-23/h7-10,12-13,18,20H,5-6,11,14H2,1-4H3,(H,26,28)/t18-,20+/m0/s1. The van der Waals surface area contributed by atoms with Gasteiger partial charge in [-0.15, -0.1) is 11.3 Å². The van der Waals surface area contributed by atoms with Crippen LogP contribution in [-0.4, -0.2) is 24.0 Å². The number of rotatable bonds is 4. The van der Waals surface area contributed by atoms with Gasteiger partial charge in [0, 0.05) is 34.2 Å². The summed E-state index contributed by atoms with van der Waals surface area (Å²) in [6.07, 6.45) is 3.83. The lowest BCUT2D eigenvalue weighted by Gasteiger charge is -2.33. The lowest BCUT2D eigenvalue weighted by atomic mass is 9.95. The van der Waals surface area contributed by atoms with Gasteiger partial charge >= 0.3 is 0 Å². The second kappa shape index (κ2) is 8.15. The van der Waals surface area contributed by atoms with Crippen molar-refractivity contribution in [3.8, 4) is 0 Å². The second-order valence-corrected chi connectivity index (χ2v) is 9.55. The van der Waals surface area contributed by atoms with Crippen molar-refractivity contribution in [1.82, 2.24) is 10.3 Å². The van der Waals surface area contributed by atoms with Gasteiger partial charge in [0.25, 0.3) is 0 Å². The SMILES string of the molecule is Cc1cc2c(N3CCC[C@@H](C(=O)N[C@@H](C)c4ccc(C)c(C)c4)C3)nccc2s1. The molecule has 0 aliphatic carbocycles. The first kappa shape index (κ1) is 19.9. The molecule has 0 spiro atoms. The minimum absolute atomic E-state index is 0.00506. The molecule has 1 saturated heterocycles. The molecule has 1 N–H and O–H groups in total. The number of thiophene rings is 1. The highest BCUT2D eigenvalue weighted by atomic mass is 32.1. The Morgan fingerprint density at radius 1 is 1.21 bits per heavy atom. The number of carbonyl (C=O) groups excluding carboxylic acids is 1. The van der Waals surface area contributed by atoms with E-state index < -0.39 is 0 Å². The molecule has 1 aromatic carbocycles. The van der Waals surface area contributed by atoms with Crippen molar-refractivity contribution < 1.29 is 4.79 Å². The van der Waals surface area contributed by atoms with Crippen LogP contribution in [0.4, 0.5) is 5.82 Å². The Morgan fingerprint density at radius 2 is 2.03 bits per heavy atom. The van der Waals surface area contributed by atoms with Crippen LogP contribution in [0.3, 0.4) is 0 Å². The molecule has 1 amide bonds. The van der Waals surface area contributed by atoms with Crippen molar-refractivity contribution in [3.63, 3.8) is 0 Å². The van der Waals surface area contributed by atoms with Gasteiger partial charge in [0.05, 0.1) is 12.0 Å². The molecule has 1 aliphatic rings. The van der Waals surface area contributed by atoms with E-state index in [1.807, 2.05) is 6.20 Å². The van der Waals surface area contributed by atoms with Gasteiger partial charge in [-0.3, -0.25) is 4.79 Å². The molecule has 5 heteroatoms. The van der Waals surface area contributed by atoms with E-state index in [-0.39, 0.29) is 17.9 Å². The summed E-state index contributed by atoms with van der Waals surface area (Å²) in [7, 11) is 0. The number of hydrogen-bond donors (Lipinski definition) is 1. The van der Waals surface area contributed by atoms with Gasteiger partial charge in [-0.25, -0.2) is 4.98 Å². The molecule has 4 nitrogen and oxygen atoms in total. The molecule has 3 aromatic rings. The Labute approximate surface area is 177 Å². The van der Waals surface area contributed by atoms with Gasteiger partial charge in [-0.2, -0.15) is 0 Å². The third-order valence-corrected chi connectivity index (χ3v) is 7.04. The zero-order valence-corrected chi connectivity index (χ0v) is 18.5. The number of fused-ring (bicyclic) bond motifs is 1. The van der Waals surface area contributed by atoms with E-state index in [0.717, 1.165) is 37.3 Å². The summed E-state index contributed by atoms with van der Waals surface area (Å²) in [5.41, 5.74) is 3.70. The normalized spacial score (nSPS) is 18.1. The number of anilines is 1. The number of aromatic nitrogens is 1. The highest BCUT2D eigenvalue weighted by Crippen LogP contribution is 2.33. The van der Waals surface area contributed by atoms with Crippen molar-refractivity contribution in [2.24, 2.45) is 5.92 Å². The molecular formula is C24H29N3OS. The number of piperidine rings is 1. The summed E-state index contributed by atoms with van der Waals surface area (Å²) in [5.74, 6) is 1.16. The first-order valence-corrected chi connectivity index (χ1v) is 11.2. The molecule has 2 atom stereocenters. The smallest absolute Gasteiger partial charge is 0.225 e. The molecule has 3 heterocycles. The van der Waals surface area contributed by atoms with Crippen LogP contribution in [0.1, 0.15) is 47.4 Å². The number of nitrogens with one attached hydrogen (secondary N) is 1. The zero-order chi connectivity index (χ0) is 20.5. The van der Waals surface area contributed by atoms with Crippen molar-refractivity contribution in [1.29, 1.82) is 0 Å². The van der Waals surface area contributed by atoms with Crippen molar-refractivity contribution in [2.45, 2.75) is 46.6 Å². The van der Waals surface area contributed by atoms with E-state index in [4.69, 9.17) is 0 Å². The molecule has 0 unspecified atom stereocenters. The Kier molecular flexibility index (Phi) is 5.59. The van der Waals surface area contributed by atoms with Crippen LogP contribution in [0.2, 0.25) is 0 Å². The maximum atomic E-state index is 13.0. The van der Waals surface area contributed by atoms with Crippen LogP contribution in [0.25, 0.3) is 10.1 Å². The fourth-order valence-corrected chi connectivity index (χ4v) is 5.07. The molecule has 0 bridgehead atoms. The van der Waals surface area contributed by atoms with Crippen LogP contribution in [0.5, 0.6) is 0 Å². The van der Waals surface area contributed by atoms with Gasteiger partial charge in [-0.05, 0) is 69.4 Å². The Morgan fingerprint density at radius 3 is 2.83 bits per heavy atom. The third kappa shape index (κ3) is 4.15. The van der Waals surface area contributed by atoms with Crippen LogP contribution in [0, 0.1) is 26.7 Å². The van der Waals surface area contributed by atoms with Gasteiger partial charge in [0.2, 0.25) is 5.91 Å². The Hall–Kier alpha value is -2.40. The van der Waals surface area contributed by atoms with Gasteiger partial charge in [0.1, 0.15) is 5.82 Å². The Balaban J connectivity index is 1.47. The molecular weight excluding hydrogens is 378 g/mol. The number of amides is 1. The van der Waals surface area contributed by atoms with Crippen LogP contribution in [0.15, 0.2) is 36.5 Å². The van der Waals surface area contributed by atoms with E-state index in [2.05, 4.69) is 73.2 Å². The minimum atomic E-state index is -0.00506. The highest BCUT2D eigenvalue weighted by molar-refractivity contribution is 7.19. The average Bonchev–Trinajstić information content (AvgIpc) is 3.10. The first-order chi connectivity index (χ1) is 13.9. The van der Waals surface area contributed by atoms with Gasteiger partial charge < -0.3 is 10.2 Å². The summed E-state index contributed by atoms with van der Waals surface area (Å²) in [6, 6.07) is 10.7. The second-order valence-electron chi connectivity index (χ2n) is 8.26. The van der Waals surface area contributed by atoms with Crippen molar-refractivity contribution >= 4 is 33.1 Å². The zero-order valence-electron chi connectivity index (χ0n) is 17.7. The van der Waals surface area contributed by atoms with Crippen molar-refractivity contribution in [2.75, 3.05) is 18.0 Å². The van der Waals surface area contributed by atoms with E-state index in [1.54, 1.807) is 11.3 Å². The molecule has 29 heavy (non-hydrogen) atoms. The van der Waals surface area contributed by atoms with E-state index in [1.165, 1.54) is 26.1 Å². The number of pyridine rings is 1. The number of carbonyl (C=O) groups is 1. The highest BCUT2D eigenvalue weighted by Gasteiger charge is 2.28. The van der Waals surface area contributed by atoms with E-state index >= 15 is 0 Å². The molecule has 152 valence electrons. The average molecular weight is 408 g/mol. The lowest BCUT2D eigenvalue weighted by Crippen LogP contribution is -2.44. The van der Waals surface area contributed by atoms with Crippen LogP contribution >= 0.6 is 11.3 Å². The summed E-state index contributed by atoms with van der Waals surface area (Å²) < 4.78 is 1.27. The van der Waals surface area contributed by atoms with E-state index in [9.17, 15) is 4.79 Å². The number of benzene rings is 1. The molecule has 4 rings (SSSR count). The first-order valence-electron chi connectivity index (χ1n) is 10.4. The molecule has 1 aliphatic heterocycles. The summed E-state index contributed by atoms with van der Waals surface area (Å²) in [6.45, 7) is 10.1. The topological polar surface area (TPSA) is 45.2 Å². The Bertz CT molecular complexity index is 1040. The monoisotopic (exact) mass is 407 g/mol. The van der Waals surface area contributed by atoms with Crippen LogP contribution < -0.4 is 10.2 Å². The predicted molar refractivity (Wildman–Crippen MR) is 122 cm³/mol. The predicted octanol–water partition coefficient (Wildman–Crippen LogP) is 5.32. The maximum Gasteiger partial charge on any atom is 0.225 e. The summed E-state index contributed by atoms with van der Waals surface area (Å²) in [4.78, 5) is 21.3. The van der Waals surface area contributed by atoms with E-state index in [0.29, 0.717) is 0 Å². The van der Waals surface area contributed by atoms with Crippen molar-refractivity contribution in [3.05, 3.63) is 58.1 Å². The fourth-order valence-electron chi connectivity index (χ4n) is 4.16. The summed E-state index contributed by atoms with van der Waals surface area (Å²) in [5, 5.41) is 4.45. The minimum Gasteiger partial charge on any atom is -0.355 e. The quantitative estimate of drug-likeness (QED) is 0.637. The number of hydrogen-bond acceptors (Lipinski definition) is 4. The molecule has 0 saturated carbocycles. The third-order valence-electron chi connectivity index (χ3n) is 6.03. The largest absolute Gasteiger partial charge is 0.355 e. The molecule has 1 fully saturated rings. The lowest BCUT2D eigenvalue weighted by molar-refractivity contribution is -0.125.